The van der Waals surface area contributed by atoms with Crippen molar-refractivity contribution in [3.63, 3.8) is 0 Å². The van der Waals surface area contributed by atoms with Crippen LogP contribution in [0.4, 0.5) is 0 Å². The first-order valence-electron chi connectivity index (χ1n) is 6.93. The van der Waals surface area contributed by atoms with Gasteiger partial charge in [-0.15, -0.1) is 0 Å². The van der Waals surface area contributed by atoms with E-state index in [0.717, 1.165) is 37.2 Å². The Bertz CT molecular complexity index is 414. The third-order valence-corrected chi connectivity index (χ3v) is 4.38. The highest BCUT2D eigenvalue weighted by Crippen LogP contribution is 2.33. The van der Waals surface area contributed by atoms with Crippen molar-refractivity contribution in [3.05, 3.63) is 34.3 Å². The van der Waals surface area contributed by atoms with Crippen LogP contribution in [-0.2, 0) is 0 Å². The Morgan fingerprint density at radius 2 is 2.05 bits per heavy atom. The second-order valence-electron chi connectivity index (χ2n) is 6.05. The Hall–Kier alpha value is -0.420. The molecule has 0 saturated carbocycles. The third kappa shape index (κ3) is 4.02. The minimum absolute atomic E-state index is 0.0554. The van der Waals surface area contributed by atoms with Crippen LogP contribution in [0, 0.1) is 5.41 Å². The third-order valence-electron chi connectivity index (χ3n) is 3.89. The average molecular weight is 326 g/mol. The second-order valence-corrected chi connectivity index (χ2v) is 6.96. The van der Waals surface area contributed by atoms with Crippen LogP contribution in [0.25, 0.3) is 0 Å². The van der Waals surface area contributed by atoms with Gasteiger partial charge in [-0.1, -0.05) is 41.9 Å². The topological polar surface area (TPSA) is 41.3 Å². The SMILES string of the molecule is CC(C)(CN1CCNCC1)C(N)c1cccc(Br)c1. The summed E-state index contributed by atoms with van der Waals surface area (Å²) in [5, 5.41) is 3.39. The fourth-order valence-corrected chi connectivity index (χ4v) is 3.11. The van der Waals surface area contributed by atoms with E-state index in [1.165, 1.54) is 5.56 Å². The molecule has 2 rings (SSSR count). The Morgan fingerprint density at radius 3 is 2.68 bits per heavy atom. The van der Waals surface area contributed by atoms with Crippen LogP contribution >= 0.6 is 15.9 Å². The second kappa shape index (κ2) is 6.35. The van der Waals surface area contributed by atoms with Gasteiger partial charge < -0.3 is 16.0 Å². The summed E-state index contributed by atoms with van der Waals surface area (Å²) < 4.78 is 1.10. The molecule has 1 atom stereocenters. The number of rotatable bonds is 4. The Balaban J connectivity index is 2.05. The molecule has 106 valence electrons. The Morgan fingerprint density at radius 1 is 1.37 bits per heavy atom. The monoisotopic (exact) mass is 325 g/mol. The minimum Gasteiger partial charge on any atom is -0.323 e. The summed E-state index contributed by atoms with van der Waals surface area (Å²) in [4.78, 5) is 2.51. The summed E-state index contributed by atoms with van der Waals surface area (Å²) in [6.07, 6.45) is 0. The van der Waals surface area contributed by atoms with E-state index in [4.69, 9.17) is 5.73 Å². The van der Waals surface area contributed by atoms with Crippen LogP contribution in [0.5, 0.6) is 0 Å². The molecule has 1 aliphatic heterocycles. The van der Waals surface area contributed by atoms with Gasteiger partial charge in [-0.3, -0.25) is 0 Å². The number of hydrogen-bond donors (Lipinski definition) is 2. The molecular weight excluding hydrogens is 302 g/mol. The molecule has 0 aromatic heterocycles. The molecule has 1 fully saturated rings. The minimum atomic E-state index is 0.0554. The molecule has 1 aromatic rings. The largest absolute Gasteiger partial charge is 0.323 e. The van der Waals surface area contributed by atoms with E-state index in [2.05, 4.69) is 58.2 Å². The summed E-state index contributed by atoms with van der Waals surface area (Å²) in [5.41, 5.74) is 7.77. The molecule has 0 bridgehead atoms. The molecule has 1 heterocycles. The number of nitrogens with one attached hydrogen (secondary N) is 1. The lowest BCUT2D eigenvalue weighted by molar-refractivity contribution is 0.139. The van der Waals surface area contributed by atoms with Gasteiger partial charge in [0.2, 0.25) is 0 Å². The molecule has 0 radical (unpaired) electrons. The highest BCUT2D eigenvalue weighted by atomic mass is 79.9. The van der Waals surface area contributed by atoms with Crippen molar-refractivity contribution >= 4 is 15.9 Å². The van der Waals surface area contributed by atoms with Crippen LogP contribution in [0.3, 0.4) is 0 Å². The average Bonchev–Trinajstić information content (AvgIpc) is 2.38. The summed E-state index contributed by atoms with van der Waals surface area (Å²) in [5.74, 6) is 0. The van der Waals surface area contributed by atoms with Crippen molar-refractivity contribution in [2.45, 2.75) is 19.9 Å². The van der Waals surface area contributed by atoms with Gasteiger partial charge >= 0.3 is 0 Å². The molecular formula is C15H24BrN3. The van der Waals surface area contributed by atoms with Crippen molar-refractivity contribution < 1.29 is 0 Å². The zero-order valence-corrected chi connectivity index (χ0v) is 13.4. The summed E-state index contributed by atoms with van der Waals surface area (Å²) in [6.45, 7) is 9.98. The van der Waals surface area contributed by atoms with Gasteiger partial charge in [0, 0.05) is 43.2 Å². The standard InChI is InChI=1S/C15H24BrN3/c1-15(2,11-19-8-6-18-7-9-19)14(17)12-4-3-5-13(16)10-12/h3-5,10,14,18H,6-9,11,17H2,1-2H3. The first kappa shape index (κ1) is 15.0. The van der Waals surface area contributed by atoms with Gasteiger partial charge in [-0.05, 0) is 23.1 Å². The van der Waals surface area contributed by atoms with Crippen molar-refractivity contribution in [1.82, 2.24) is 10.2 Å². The van der Waals surface area contributed by atoms with Gasteiger partial charge in [0.1, 0.15) is 0 Å². The Labute approximate surface area is 124 Å². The molecule has 4 heteroatoms. The predicted molar refractivity (Wildman–Crippen MR) is 84.2 cm³/mol. The maximum absolute atomic E-state index is 6.50. The van der Waals surface area contributed by atoms with E-state index in [9.17, 15) is 0 Å². The van der Waals surface area contributed by atoms with Crippen LogP contribution < -0.4 is 11.1 Å². The first-order valence-corrected chi connectivity index (χ1v) is 7.72. The van der Waals surface area contributed by atoms with Gasteiger partial charge in [-0.25, -0.2) is 0 Å². The van der Waals surface area contributed by atoms with Gasteiger partial charge in [0.25, 0.3) is 0 Å². The number of piperazine rings is 1. The molecule has 0 amide bonds. The molecule has 19 heavy (non-hydrogen) atoms. The van der Waals surface area contributed by atoms with Crippen LogP contribution in [0.1, 0.15) is 25.5 Å². The summed E-state index contributed by atoms with van der Waals surface area (Å²) in [7, 11) is 0. The number of hydrogen-bond acceptors (Lipinski definition) is 3. The Kier molecular flexibility index (Phi) is 5.01. The van der Waals surface area contributed by atoms with Gasteiger partial charge in [-0.2, -0.15) is 0 Å². The van der Waals surface area contributed by atoms with E-state index >= 15 is 0 Å². The first-order chi connectivity index (χ1) is 8.99. The molecule has 1 aromatic carbocycles. The maximum Gasteiger partial charge on any atom is 0.0359 e. The van der Waals surface area contributed by atoms with Crippen LogP contribution in [0.15, 0.2) is 28.7 Å². The molecule has 1 unspecified atom stereocenters. The lowest BCUT2D eigenvalue weighted by Crippen LogP contribution is -2.49. The van der Waals surface area contributed by atoms with Gasteiger partial charge in [0.15, 0.2) is 0 Å². The molecule has 1 saturated heterocycles. The van der Waals surface area contributed by atoms with Crippen LogP contribution in [0.2, 0.25) is 0 Å². The normalized spacial score (nSPS) is 19.4. The van der Waals surface area contributed by atoms with E-state index < -0.39 is 0 Å². The molecule has 3 nitrogen and oxygen atoms in total. The fourth-order valence-electron chi connectivity index (χ4n) is 2.70. The highest BCUT2D eigenvalue weighted by Gasteiger charge is 2.30. The van der Waals surface area contributed by atoms with E-state index in [1.807, 2.05) is 6.07 Å². The van der Waals surface area contributed by atoms with Crippen molar-refractivity contribution in [2.75, 3.05) is 32.7 Å². The highest BCUT2D eigenvalue weighted by molar-refractivity contribution is 9.10. The van der Waals surface area contributed by atoms with Gasteiger partial charge in [0.05, 0.1) is 0 Å². The number of benzene rings is 1. The molecule has 0 aliphatic carbocycles. The smallest absolute Gasteiger partial charge is 0.0359 e. The number of nitrogens with zero attached hydrogens (tertiary/aromatic N) is 1. The quantitative estimate of drug-likeness (QED) is 0.893. The predicted octanol–water partition coefficient (Wildman–Crippen LogP) is 2.38. The van der Waals surface area contributed by atoms with E-state index in [-0.39, 0.29) is 11.5 Å². The van der Waals surface area contributed by atoms with E-state index in [1.54, 1.807) is 0 Å². The lowest BCUT2D eigenvalue weighted by atomic mass is 9.80. The van der Waals surface area contributed by atoms with E-state index in [0.29, 0.717) is 0 Å². The lowest BCUT2D eigenvalue weighted by Gasteiger charge is -2.38. The summed E-state index contributed by atoms with van der Waals surface area (Å²) >= 11 is 3.52. The fraction of sp³-hybridized carbons (Fsp3) is 0.600. The number of nitrogens with two attached hydrogens (primary N) is 1. The zero-order chi connectivity index (χ0) is 13.9. The molecule has 3 N–H and O–H groups in total. The van der Waals surface area contributed by atoms with Crippen molar-refractivity contribution in [2.24, 2.45) is 11.1 Å². The number of halogens is 1. The van der Waals surface area contributed by atoms with Crippen molar-refractivity contribution in [1.29, 1.82) is 0 Å². The summed E-state index contributed by atoms with van der Waals surface area (Å²) in [6, 6.07) is 8.40. The maximum atomic E-state index is 6.50. The molecule has 0 spiro atoms. The zero-order valence-electron chi connectivity index (χ0n) is 11.8. The van der Waals surface area contributed by atoms with Crippen molar-refractivity contribution in [3.8, 4) is 0 Å². The van der Waals surface area contributed by atoms with Crippen LogP contribution in [-0.4, -0.2) is 37.6 Å². The molecule has 1 aliphatic rings.